The van der Waals surface area contributed by atoms with Crippen molar-refractivity contribution in [2.45, 2.75) is 45.6 Å². The summed E-state index contributed by atoms with van der Waals surface area (Å²) >= 11 is 0. The topological polar surface area (TPSA) is 138 Å². The summed E-state index contributed by atoms with van der Waals surface area (Å²) in [4.78, 5) is 49.7. The summed E-state index contributed by atoms with van der Waals surface area (Å²) in [5.74, 6) is 1.10. The van der Waals surface area contributed by atoms with Crippen molar-refractivity contribution in [2.24, 2.45) is 0 Å². The Hall–Kier alpha value is -4.08. The lowest BCUT2D eigenvalue weighted by Crippen LogP contribution is -2.32. The summed E-state index contributed by atoms with van der Waals surface area (Å²) in [6.07, 6.45) is 2.64. The second kappa shape index (κ2) is 8.12. The summed E-state index contributed by atoms with van der Waals surface area (Å²) in [6.45, 7) is 4.16. The molecule has 1 fully saturated rings. The van der Waals surface area contributed by atoms with Gasteiger partial charge in [-0.25, -0.2) is 14.8 Å². The van der Waals surface area contributed by atoms with Gasteiger partial charge in [-0.15, -0.1) is 0 Å². The van der Waals surface area contributed by atoms with Gasteiger partial charge in [-0.05, 0) is 56.5 Å². The molecule has 168 valence electrons. The van der Waals surface area contributed by atoms with Crippen LogP contribution in [0.5, 0.6) is 0 Å². The average Bonchev–Trinajstić information content (AvgIpc) is 3.56. The van der Waals surface area contributed by atoms with Gasteiger partial charge in [0.25, 0.3) is 11.5 Å². The highest BCUT2D eigenvalue weighted by molar-refractivity contribution is 6.11. The van der Waals surface area contributed by atoms with E-state index in [1.165, 1.54) is 4.57 Å². The van der Waals surface area contributed by atoms with Gasteiger partial charge in [-0.2, -0.15) is 5.10 Å². The van der Waals surface area contributed by atoms with E-state index in [1.54, 1.807) is 18.2 Å². The number of nitrogens with one attached hydrogen (secondary N) is 3. The van der Waals surface area contributed by atoms with E-state index in [0.29, 0.717) is 30.3 Å². The van der Waals surface area contributed by atoms with Gasteiger partial charge >= 0.3 is 5.69 Å². The number of H-pyrrole nitrogens is 2. The van der Waals surface area contributed by atoms with Crippen molar-refractivity contribution in [3.05, 3.63) is 68.3 Å². The third kappa shape index (κ3) is 3.95. The van der Waals surface area contributed by atoms with Crippen LogP contribution in [0, 0.1) is 6.92 Å². The van der Waals surface area contributed by atoms with Crippen LogP contribution in [-0.2, 0) is 6.54 Å². The molecule has 0 radical (unpaired) electrons. The van der Waals surface area contributed by atoms with E-state index < -0.39 is 17.2 Å². The average molecular weight is 445 g/mol. The molecule has 3 N–H and O–H groups in total. The molecule has 3 aromatic heterocycles. The number of pyridine rings is 1. The maximum atomic E-state index is 13.3. The van der Waals surface area contributed by atoms with E-state index in [1.807, 2.05) is 26.0 Å². The van der Waals surface area contributed by atoms with E-state index in [9.17, 15) is 14.4 Å². The number of carbonyl (C=O) groups excluding carboxylic acids is 1. The number of benzene rings is 1. The molecule has 0 atom stereocenters. The summed E-state index contributed by atoms with van der Waals surface area (Å²) in [7, 11) is 0. The number of aromatic nitrogens is 6. The summed E-state index contributed by atoms with van der Waals surface area (Å²) in [5.41, 5.74) is 1.45. The van der Waals surface area contributed by atoms with E-state index in [4.69, 9.17) is 0 Å². The Morgan fingerprint density at radius 2 is 1.94 bits per heavy atom. The SMILES string of the molecule is CCCn1c(=O)[nH]c(=O)c2c(C(=O)Nc3ccc(-c4n[nH]c(C)n4)cc3)cc(C3CC3)nc21. The molecule has 1 aromatic carbocycles. The normalized spacial score (nSPS) is 13.4. The number of nitrogens with zero attached hydrogens (tertiary/aromatic N) is 4. The molecule has 33 heavy (non-hydrogen) atoms. The van der Waals surface area contributed by atoms with E-state index in [2.05, 4.69) is 30.5 Å². The highest BCUT2D eigenvalue weighted by atomic mass is 16.2. The number of hydrogen-bond acceptors (Lipinski definition) is 6. The number of aryl methyl sites for hydroxylation is 2. The molecule has 0 bridgehead atoms. The molecule has 1 aliphatic carbocycles. The van der Waals surface area contributed by atoms with Crippen molar-refractivity contribution in [2.75, 3.05) is 5.32 Å². The Balaban J connectivity index is 1.54. The molecule has 0 unspecified atom stereocenters. The Kier molecular flexibility index (Phi) is 5.12. The molecule has 0 aliphatic heterocycles. The molecule has 0 spiro atoms. The summed E-state index contributed by atoms with van der Waals surface area (Å²) in [6, 6.07) is 8.80. The number of anilines is 1. The largest absolute Gasteiger partial charge is 0.329 e. The predicted octanol–water partition coefficient (Wildman–Crippen LogP) is 2.72. The third-order valence-corrected chi connectivity index (χ3v) is 5.65. The van der Waals surface area contributed by atoms with Crippen LogP contribution >= 0.6 is 0 Å². The maximum absolute atomic E-state index is 13.3. The maximum Gasteiger partial charge on any atom is 0.329 e. The van der Waals surface area contributed by atoms with Crippen LogP contribution in [0.25, 0.3) is 22.4 Å². The molecule has 10 nitrogen and oxygen atoms in total. The molecular formula is C23H23N7O3. The van der Waals surface area contributed by atoms with Crippen LogP contribution in [-0.4, -0.2) is 35.6 Å². The second-order valence-corrected chi connectivity index (χ2v) is 8.25. The Bertz CT molecular complexity index is 1480. The quantitative estimate of drug-likeness (QED) is 0.417. The third-order valence-electron chi connectivity index (χ3n) is 5.65. The second-order valence-electron chi connectivity index (χ2n) is 8.25. The molecule has 3 heterocycles. The molecule has 1 saturated carbocycles. The van der Waals surface area contributed by atoms with Crippen molar-refractivity contribution in [1.29, 1.82) is 0 Å². The highest BCUT2D eigenvalue weighted by Crippen LogP contribution is 2.40. The van der Waals surface area contributed by atoms with Gasteiger partial charge in [0, 0.05) is 29.4 Å². The zero-order valence-electron chi connectivity index (χ0n) is 18.3. The first-order chi connectivity index (χ1) is 15.9. The number of hydrogen-bond donors (Lipinski definition) is 3. The van der Waals surface area contributed by atoms with Crippen molar-refractivity contribution < 1.29 is 4.79 Å². The minimum atomic E-state index is -0.613. The van der Waals surface area contributed by atoms with Crippen LogP contribution in [0.15, 0.2) is 39.9 Å². The monoisotopic (exact) mass is 445 g/mol. The Labute approximate surface area is 188 Å². The fraction of sp³-hybridized carbons (Fsp3) is 0.304. The first-order valence-electron chi connectivity index (χ1n) is 10.9. The minimum absolute atomic E-state index is 0.123. The first kappa shape index (κ1) is 20.8. The van der Waals surface area contributed by atoms with Gasteiger partial charge in [-0.1, -0.05) is 6.92 Å². The predicted molar refractivity (Wildman–Crippen MR) is 123 cm³/mol. The zero-order valence-corrected chi connectivity index (χ0v) is 18.3. The lowest BCUT2D eigenvalue weighted by molar-refractivity contribution is 0.102. The van der Waals surface area contributed by atoms with E-state index in [-0.39, 0.29) is 22.5 Å². The summed E-state index contributed by atoms with van der Waals surface area (Å²) < 4.78 is 1.44. The standard InChI is InChI=1S/C23H23N7O3/c1-3-10-30-20-18(22(32)27-23(30)33)16(11-17(26-20)13-4-5-13)21(31)25-15-8-6-14(7-9-15)19-24-12(2)28-29-19/h6-9,11,13H,3-5,10H2,1-2H3,(H,25,31)(H,24,28,29)(H,27,32,33). The van der Waals surface area contributed by atoms with E-state index in [0.717, 1.165) is 24.1 Å². The minimum Gasteiger partial charge on any atom is -0.322 e. The molecule has 4 aromatic rings. The van der Waals surface area contributed by atoms with E-state index >= 15 is 0 Å². The number of amides is 1. The molecule has 1 amide bonds. The van der Waals surface area contributed by atoms with Crippen LogP contribution in [0.3, 0.4) is 0 Å². The van der Waals surface area contributed by atoms with Crippen molar-refractivity contribution >= 4 is 22.6 Å². The van der Waals surface area contributed by atoms with Gasteiger partial charge < -0.3 is 5.32 Å². The number of aromatic amines is 2. The van der Waals surface area contributed by atoms with Gasteiger partial charge in [0.1, 0.15) is 5.82 Å². The van der Waals surface area contributed by atoms with Gasteiger partial charge in [0.15, 0.2) is 11.5 Å². The Morgan fingerprint density at radius 3 is 2.58 bits per heavy atom. The van der Waals surface area contributed by atoms with Crippen molar-refractivity contribution in [3.8, 4) is 11.4 Å². The smallest absolute Gasteiger partial charge is 0.322 e. The Morgan fingerprint density at radius 1 is 1.18 bits per heavy atom. The van der Waals surface area contributed by atoms with Crippen LogP contribution < -0.4 is 16.6 Å². The number of fused-ring (bicyclic) bond motifs is 1. The fourth-order valence-electron chi connectivity index (χ4n) is 3.86. The molecule has 1 aliphatic rings. The highest BCUT2D eigenvalue weighted by Gasteiger charge is 2.28. The number of carbonyl (C=O) groups is 1. The van der Waals surface area contributed by atoms with Gasteiger partial charge in [-0.3, -0.25) is 24.2 Å². The van der Waals surface area contributed by atoms with Gasteiger partial charge in [0.05, 0.1) is 10.9 Å². The van der Waals surface area contributed by atoms with Crippen molar-refractivity contribution in [3.63, 3.8) is 0 Å². The lowest BCUT2D eigenvalue weighted by Gasteiger charge is -2.13. The molecule has 0 saturated heterocycles. The molecular weight excluding hydrogens is 422 g/mol. The first-order valence-corrected chi connectivity index (χ1v) is 10.9. The van der Waals surface area contributed by atoms with Crippen molar-refractivity contribution in [1.82, 2.24) is 29.7 Å². The fourth-order valence-corrected chi connectivity index (χ4v) is 3.86. The summed E-state index contributed by atoms with van der Waals surface area (Å²) in [5, 5.41) is 9.92. The van der Waals surface area contributed by atoms with Crippen LogP contribution in [0.1, 0.15) is 54.0 Å². The van der Waals surface area contributed by atoms with Gasteiger partial charge in [0.2, 0.25) is 0 Å². The molecule has 5 rings (SSSR count). The van der Waals surface area contributed by atoms with Crippen LogP contribution in [0.2, 0.25) is 0 Å². The number of rotatable bonds is 6. The zero-order chi connectivity index (χ0) is 23.1. The van der Waals surface area contributed by atoms with Crippen LogP contribution in [0.4, 0.5) is 5.69 Å². The molecule has 10 heteroatoms. The lowest BCUT2D eigenvalue weighted by atomic mass is 10.1.